The van der Waals surface area contributed by atoms with E-state index in [9.17, 15) is 9.59 Å². The molecule has 158 valence electrons. The third kappa shape index (κ3) is 4.65. The Bertz CT molecular complexity index is 888. The number of anilines is 3. The van der Waals surface area contributed by atoms with Gasteiger partial charge in [-0.25, -0.2) is 0 Å². The van der Waals surface area contributed by atoms with Gasteiger partial charge >= 0.3 is 0 Å². The lowest BCUT2D eigenvalue weighted by atomic mass is 9.85. The molecule has 0 aromatic heterocycles. The second-order valence-corrected chi connectivity index (χ2v) is 8.55. The number of carbonyl (C=O) groups excluding carboxylic acids is 2. The van der Waals surface area contributed by atoms with Gasteiger partial charge in [0.1, 0.15) is 0 Å². The molecule has 1 aliphatic heterocycles. The second kappa shape index (κ2) is 8.88. The minimum atomic E-state index is -0.159. The summed E-state index contributed by atoms with van der Waals surface area (Å²) in [5, 5.41) is 5.87. The SMILES string of the molecule is CN(C)C1CCN(c2ccc(NC(=O)c3ccc(NC(=O)C4CCC4)cc3)cc2)C1. The molecule has 2 aromatic carbocycles. The van der Waals surface area contributed by atoms with Crippen LogP contribution in [0.15, 0.2) is 48.5 Å². The van der Waals surface area contributed by atoms with Gasteiger partial charge in [0, 0.05) is 47.7 Å². The van der Waals surface area contributed by atoms with E-state index < -0.39 is 0 Å². The molecule has 2 aromatic rings. The fourth-order valence-corrected chi connectivity index (χ4v) is 3.98. The van der Waals surface area contributed by atoms with Gasteiger partial charge < -0.3 is 20.4 Å². The molecule has 6 nitrogen and oxygen atoms in total. The maximum Gasteiger partial charge on any atom is 0.255 e. The number of hydrogen-bond donors (Lipinski definition) is 2. The topological polar surface area (TPSA) is 64.7 Å². The van der Waals surface area contributed by atoms with Crippen LogP contribution in [-0.2, 0) is 4.79 Å². The molecule has 2 amide bonds. The average Bonchev–Trinajstić information content (AvgIpc) is 3.18. The molecule has 1 unspecified atom stereocenters. The van der Waals surface area contributed by atoms with E-state index in [1.807, 2.05) is 12.1 Å². The summed E-state index contributed by atoms with van der Waals surface area (Å²) in [6, 6.07) is 15.7. The Morgan fingerprint density at radius 1 is 0.900 bits per heavy atom. The van der Waals surface area contributed by atoms with Crippen LogP contribution >= 0.6 is 0 Å². The van der Waals surface area contributed by atoms with Gasteiger partial charge in [-0.3, -0.25) is 9.59 Å². The smallest absolute Gasteiger partial charge is 0.255 e. The molecule has 1 atom stereocenters. The third-order valence-corrected chi connectivity index (χ3v) is 6.27. The van der Waals surface area contributed by atoms with Gasteiger partial charge in [-0.2, -0.15) is 0 Å². The summed E-state index contributed by atoms with van der Waals surface area (Å²) in [6.07, 6.45) is 4.24. The first kappa shape index (κ1) is 20.4. The van der Waals surface area contributed by atoms with Crippen molar-refractivity contribution in [2.24, 2.45) is 5.92 Å². The number of nitrogens with one attached hydrogen (secondary N) is 2. The van der Waals surface area contributed by atoms with Gasteiger partial charge in [0.25, 0.3) is 5.91 Å². The van der Waals surface area contributed by atoms with Gasteiger partial charge in [0.2, 0.25) is 5.91 Å². The molecule has 4 rings (SSSR count). The Labute approximate surface area is 178 Å². The Kier molecular flexibility index (Phi) is 6.04. The number of amides is 2. The van der Waals surface area contributed by atoms with Gasteiger partial charge in [0.05, 0.1) is 0 Å². The zero-order valence-electron chi connectivity index (χ0n) is 17.7. The van der Waals surface area contributed by atoms with Crippen molar-refractivity contribution in [1.82, 2.24) is 4.90 Å². The van der Waals surface area contributed by atoms with E-state index in [0.29, 0.717) is 11.6 Å². The summed E-state index contributed by atoms with van der Waals surface area (Å²) in [7, 11) is 4.25. The number of carbonyl (C=O) groups is 2. The lowest BCUT2D eigenvalue weighted by molar-refractivity contribution is -0.122. The van der Waals surface area contributed by atoms with Crippen LogP contribution in [0.2, 0.25) is 0 Å². The van der Waals surface area contributed by atoms with Crippen LogP contribution < -0.4 is 15.5 Å². The van der Waals surface area contributed by atoms with Gasteiger partial charge in [-0.1, -0.05) is 6.42 Å². The highest BCUT2D eigenvalue weighted by Crippen LogP contribution is 2.28. The Hall–Kier alpha value is -2.86. The molecular formula is C24H30N4O2. The lowest BCUT2D eigenvalue weighted by Gasteiger charge is -2.24. The third-order valence-electron chi connectivity index (χ3n) is 6.27. The first-order valence-corrected chi connectivity index (χ1v) is 10.7. The van der Waals surface area contributed by atoms with Crippen molar-refractivity contribution in [3.63, 3.8) is 0 Å². The predicted octanol–water partition coefficient (Wildman–Crippen LogP) is 3.82. The molecule has 1 heterocycles. The Morgan fingerprint density at radius 2 is 1.53 bits per heavy atom. The number of hydrogen-bond acceptors (Lipinski definition) is 4. The molecule has 30 heavy (non-hydrogen) atoms. The zero-order chi connectivity index (χ0) is 21.1. The summed E-state index contributed by atoms with van der Waals surface area (Å²) in [5.41, 5.74) is 3.25. The molecular weight excluding hydrogens is 376 g/mol. The van der Waals surface area contributed by atoms with E-state index in [1.165, 1.54) is 12.1 Å². The minimum absolute atomic E-state index is 0.0773. The van der Waals surface area contributed by atoms with Crippen molar-refractivity contribution >= 4 is 28.9 Å². The van der Waals surface area contributed by atoms with Crippen molar-refractivity contribution in [2.45, 2.75) is 31.7 Å². The van der Waals surface area contributed by atoms with Crippen LogP contribution in [0.4, 0.5) is 17.1 Å². The molecule has 1 saturated carbocycles. The van der Waals surface area contributed by atoms with Crippen molar-refractivity contribution in [3.8, 4) is 0 Å². The second-order valence-electron chi connectivity index (χ2n) is 8.55. The quantitative estimate of drug-likeness (QED) is 0.766. The van der Waals surface area contributed by atoms with Crippen LogP contribution in [-0.4, -0.2) is 49.9 Å². The van der Waals surface area contributed by atoms with E-state index in [4.69, 9.17) is 0 Å². The molecule has 0 spiro atoms. The summed E-state index contributed by atoms with van der Waals surface area (Å²) in [4.78, 5) is 29.2. The highest BCUT2D eigenvalue weighted by atomic mass is 16.2. The molecule has 1 aliphatic carbocycles. The maximum atomic E-state index is 12.6. The monoisotopic (exact) mass is 406 g/mol. The molecule has 2 N–H and O–H groups in total. The van der Waals surface area contributed by atoms with Crippen LogP contribution in [0, 0.1) is 5.92 Å². The number of benzene rings is 2. The average molecular weight is 407 g/mol. The number of nitrogens with zero attached hydrogens (tertiary/aromatic N) is 2. The highest BCUT2D eigenvalue weighted by Gasteiger charge is 2.25. The van der Waals surface area contributed by atoms with Crippen molar-refractivity contribution in [2.75, 3.05) is 42.7 Å². The van der Waals surface area contributed by atoms with Gasteiger partial charge in [-0.15, -0.1) is 0 Å². The van der Waals surface area contributed by atoms with E-state index >= 15 is 0 Å². The summed E-state index contributed by atoms with van der Waals surface area (Å²) in [5.74, 6) is 0.0622. The minimum Gasteiger partial charge on any atom is -0.370 e. The van der Waals surface area contributed by atoms with Crippen LogP contribution in [0.3, 0.4) is 0 Å². The normalized spacial score (nSPS) is 18.9. The lowest BCUT2D eigenvalue weighted by Crippen LogP contribution is -2.31. The Balaban J connectivity index is 1.31. The van der Waals surface area contributed by atoms with Crippen LogP contribution in [0.1, 0.15) is 36.0 Å². The van der Waals surface area contributed by atoms with E-state index in [0.717, 1.165) is 43.7 Å². The largest absolute Gasteiger partial charge is 0.370 e. The number of likely N-dealkylation sites (N-methyl/N-ethyl adjacent to an activating group) is 1. The molecule has 2 aliphatic rings. The first-order chi connectivity index (χ1) is 14.5. The maximum absolute atomic E-state index is 12.6. The van der Waals surface area contributed by atoms with Crippen molar-refractivity contribution in [3.05, 3.63) is 54.1 Å². The van der Waals surface area contributed by atoms with Crippen LogP contribution in [0.5, 0.6) is 0 Å². The summed E-state index contributed by atoms with van der Waals surface area (Å²) >= 11 is 0. The molecule has 0 bridgehead atoms. The summed E-state index contributed by atoms with van der Waals surface area (Å²) in [6.45, 7) is 2.08. The van der Waals surface area contributed by atoms with Gasteiger partial charge in [-0.05, 0) is 81.9 Å². The standard InChI is InChI=1S/C24H30N4O2/c1-27(2)22-14-15-28(16-22)21-12-10-20(11-13-21)26-24(30)18-6-8-19(9-7-18)25-23(29)17-4-3-5-17/h6-13,17,22H,3-5,14-16H2,1-2H3,(H,25,29)(H,26,30). The Morgan fingerprint density at radius 3 is 2.10 bits per heavy atom. The van der Waals surface area contributed by atoms with E-state index in [2.05, 4.69) is 46.7 Å². The van der Waals surface area contributed by atoms with Crippen molar-refractivity contribution < 1.29 is 9.59 Å². The molecule has 1 saturated heterocycles. The summed E-state index contributed by atoms with van der Waals surface area (Å²) < 4.78 is 0. The van der Waals surface area contributed by atoms with Crippen molar-refractivity contribution in [1.29, 1.82) is 0 Å². The van der Waals surface area contributed by atoms with E-state index in [1.54, 1.807) is 24.3 Å². The fourth-order valence-electron chi connectivity index (χ4n) is 3.98. The van der Waals surface area contributed by atoms with Crippen LogP contribution in [0.25, 0.3) is 0 Å². The number of rotatable bonds is 6. The fraction of sp³-hybridized carbons (Fsp3) is 0.417. The van der Waals surface area contributed by atoms with E-state index in [-0.39, 0.29) is 17.7 Å². The predicted molar refractivity (Wildman–Crippen MR) is 121 cm³/mol. The molecule has 2 fully saturated rings. The first-order valence-electron chi connectivity index (χ1n) is 10.7. The highest BCUT2D eigenvalue weighted by molar-refractivity contribution is 6.04. The van der Waals surface area contributed by atoms with Gasteiger partial charge in [0.15, 0.2) is 0 Å². The molecule has 0 radical (unpaired) electrons. The molecule has 6 heteroatoms. The zero-order valence-corrected chi connectivity index (χ0v) is 17.7.